The van der Waals surface area contributed by atoms with Crippen molar-refractivity contribution in [2.45, 2.75) is 40.6 Å². The molecule has 1 N–H and O–H groups in total. The minimum atomic E-state index is -0.307. The number of nitrogens with one attached hydrogen (secondary N) is 1. The van der Waals surface area contributed by atoms with E-state index < -0.39 is 0 Å². The standard InChI is InChI=1S/C15H17Cl2N3OS3/c1-3-4-7-22-14-19-20-15(24-14)23-9(2)13(21)18-12-6-5-10(16)8-11(12)17/h5-6,8-9H,3-4,7H2,1-2H3,(H,18,21). The van der Waals surface area contributed by atoms with Crippen LogP contribution in [0, 0.1) is 0 Å². The first kappa shape index (κ1) is 19.8. The molecule has 0 bridgehead atoms. The lowest BCUT2D eigenvalue weighted by molar-refractivity contribution is -0.115. The molecule has 130 valence electrons. The summed E-state index contributed by atoms with van der Waals surface area (Å²) in [4.78, 5) is 12.3. The molecule has 0 saturated heterocycles. The molecule has 24 heavy (non-hydrogen) atoms. The highest BCUT2D eigenvalue weighted by atomic mass is 35.5. The van der Waals surface area contributed by atoms with Gasteiger partial charge in [0.15, 0.2) is 8.68 Å². The highest BCUT2D eigenvalue weighted by molar-refractivity contribution is 8.03. The molecule has 1 amide bonds. The molecule has 0 radical (unpaired) electrons. The minimum absolute atomic E-state index is 0.139. The van der Waals surface area contributed by atoms with Crippen LogP contribution in [-0.2, 0) is 4.79 Å². The summed E-state index contributed by atoms with van der Waals surface area (Å²) >= 11 is 16.5. The maximum atomic E-state index is 12.3. The van der Waals surface area contributed by atoms with Gasteiger partial charge in [-0.2, -0.15) is 0 Å². The van der Waals surface area contributed by atoms with Gasteiger partial charge in [0, 0.05) is 10.8 Å². The van der Waals surface area contributed by atoms with E-state index in [-0.39, 0.29) is 11.2 Å². The van der Waals surface area contributed by atoms with Gasteiger partial charge in [-0.1, -0.05) is 71.4 Å². The monoisotopic (exact) mass is 421 g/mol. The molecular weight excluding hydrogens is 405 g/mol. The number of rotatable bonds is 8. The van der Waals surface area contributed by atoms with Crippen molar-refractivity contribution in [3.63, 3.8) is 0 Å². The van der Waals surface area contributed by atoms with E-state index in [1.54, 1.807) is 30.0 Å². The smallest absolute Gasteiger partial charge is 0.237 e. The van der Waals surface area contributed by atoms with E-state index in [9.17, 15) is 4.79 Å². The molecule has 9 heteroatoms. The van der Waals surface area contributed by atoms with Crippen molar-refractivity contribution in [2.24, 2.45) is 0 Å². The topological polar surface area (TPSA) is 54.9 Å². The number of amides is 1. The van der Waals surface area contributed by atoms with Crippen LogP contribution in [0.5, 0.6) is 0 Å². The molecule has 1 heterocycles. The third kappa shape index (κ3) is 6.11. The van der Waals surface area contributed by atoms with Crippen molar-refractivity contribution in [2.75, 3.05) is 11.1 Å². The third-order valence-corrected chi connectivity index (χ3v) is 6.82. The number of thioether (sulfide) groups is 2. The van der Waals surface area contributed by atoms with Crippen LogP contribution in [0.1, 0.15) is 26.7 Å². The van der Waals surface area contributed by atoms with Crippen LogP contribution < -0.4 is 5.32 Å². The van der Waals surface area contributed by atoms with Gasteiger partial charge >= 0.3 is 0 Å². The zero-order chi connectivity index (χ0) is 17.5. The average Bonchev–Trinajstić information content (AvgIpc) is 2.97. The summed E-state index contributed by atoms with van der Waals surface area (Å²) in [7, 11) is 0. The van der Waals surface area contributed by atoms with Crippen molar-refractivity contribution in [3.05, 3.63) is 28.2 Å². The molecule has 0 saturated carbocycles. The van der Waals surface area contributed by atoms with Crippen LogP contribution in [0.3, 0.4) is 0 Å². The number of nitrogens with zero attached hydrogens (tertiary/aromatic N) is 2. The molecule has 1 aromatic carbocycles. The number of hydrogen-bond acceptors (Lipinski definition) is 6. The van der Waals surface area contributed by atoms with E-state index in [4.69, 9.17) is 23.2 Å². The molecule has 0 aliphatic carbocycles. The minimum Gasteiger partial charge on any atom is -0.324 e. The predicted molar refractivity (Wildman–Crippen MR) is 106 cm³/mol. The Morgan fingerprint density at radius 3 is 2.79 bits per heavy atom. The second-order valence-electron chi connectivity index (χ2n) is 4.91. The van der Waals surface area contributed by atoms with Gasteiger partial charge in [-0.25, -0.2) is 0 Å². The fourth-order valence-corrected chi connectivity index (χ4v) is 5.41. The number of unbranched alkanes of at least 4 members (excludes halogenated alkanes) is 1. The van der Waals surface area contributed by atoms with Gasteiger partial charge in [-0.3, -0.25) is 4.79 Å². The van der Waals surface area contributed by atoms with Gasteiger partial charge in [0.2, 0.25) is 5.91 Å². The van der Waals surface area contributed by atoms with Crippen molar-refractivity contribution in [1.82, 2.24) is 10.2 Å². The van der Waals surface area contributed by atoms with Crippen LogP contribution in [0.25, 0.3) is 0 Å². The van der Waals surface area contributed by atoms with Crippen LogP contribution in [0.2, 0.25) is 10.0 Å². The molecule has 0 aliphatic heterocycles. The number of carbonyl (C=O) groups excluding carboxylic acids is 1. The lowest BCUT2D eigenvalue weighted by atomic mass is 10.3. The number of hydrogen-bond donors (Lipinski definition) is 1. The summed E-state index contributed by atoms with van der Waals surface area (Å²) in [6.07, 6.45) is 2.32. The van der Waals surface area contributed by atoms with Gasteiger partial charge in [0.05, 0.1) is 16.0 Å². The van der Waals surface area contributed by atoms with Gasteiger partial charge in [-0.05, 0) is 31.5 Å². The predicted octanol–water partition coefficient (Wildman–Crippen LogP) is 5.86. The lowest BCUT2D eigenvalue weighted by Gasteiger charge is -2.11. The largest absolute Gasteiger partial charge is 0.324 e. The third-order valence-electron chi connectivity index (χ3n) is 2.95. The van der Waals surface area contributed by atoms with Crippen molar-refractivity contribution < 1.29 is 4.79 Å². The Labute approximate surface area is 164 Å². The molecular formula is C15H17Cl2N3OS3. The molecule has 2 rings (SSSR count). The number of benzene rings is 1. The number of anilines is 1. The Bertz CT molecular complexity index is 696. The van der Waals surface area contributed by atoms with Crippen LogP contribution in [0.15, 0.2) is 26.9 Å². The lowest BCUT2D eigenvalue weighted by Crippen LogP contribution is -2.22. The van der Waals surface area contributed by atoms with E-state index >= 15 is 0 Å². The van der Waals surface area contributed by atoms with Gasteiger partial charge < -0.3 is 5.32 Å². The van der Waals surface area contributed by atoms with Crippen LogP contribution >= 0.6 is 58.1 Å². The summed E-state index contributed by atoms with van der Waals surface area (Å²) in [5.41, 5.74) is 0.548. The number of carbonyl (C=O) groups is 1. The Balaban J connectivity index is 1.89. The molecule has 2 aromatic rings. The second kappa shape index (κ2) is 9.87. The zero-order valence-electron chi connectivity index (χ0n) is 13.2. The van der Waals surface area contributed by atoms with Crippen molar-refractivity contribution >= 4 is 69.7 Å². The zero-order valence-corrected chi connectivity index (χ0v) is 17.2. The van der Waals surface area contributed by atoms with Crippen molar-refractivity contribution in [3.8, 4) is 0 Å². The second-order valence-corrected chi connectivity index (χ2v) is 9.66. The summed E-state index contributed by atoms with van der Waals surface area (Å²) < 4.78 is 1.73. The first-order valence-corrected chi connectivity index (χ1v) is 10.8. The SMILES string of the molecule is CCCCSc1nnc(SC(C)C(=O)Nc2ccc(Cl)cc2Cl)s1. The highest BCUT2D eigenvalue weighted by Gasteiger charge is 2.18. The Morgan fingerprint density at radius 1 is 1.33 bits per heavy atom. The Kier molecular flexibility index (Phi) is 8.16. The Morgan fingerprint density at radius 2 is 2.08 bits per heavy atom. The molecule has 4 nitrogen and oxygen atoms in total. The molecule has 0 fully saturated rings. The maximum Gasteiger partial charge on any atom is 0.237 e. The van der Waals surface area contributed by atoms with Crippen LogP contribution in [-0.4, -0.2) is 27.1 Å². The normalized spacial score (nSPS) is 12.2. The summed E-state index contributed by atoms with van der Waals surface area (Å²) in [6.45, 7) is 3.99. The summed E-state index contributed by atoms with van der Waals surface area (Å²) in [5.74, 6) is 0.903. The fourth-order valence-electron chi connectivity index (χ4n) is 1.64. The maximum absolute atomic E-state index is 12.3. The van der Waals surface area contributed by atoms with Crippen LogP contribution in [0.4, 0.5) is 5.69 Å². The Hall–Kier alpha value is -0.470. The highest BCUT2D eigenvalue weighted by Crippen LogP contribution is 2.32. The number of aromatic nitrogens is 2. The average molecular weight is 422 g/mol. The molecule has 0 spiro atoms. The molecule has 1 atom stereocenters. The number of halogens is 2. The molecule has 1 unspecified atom stereocenters. The van der Waals surface area contributed by atoms with E-state index in [1.165, 1.54) is 23.1 Å². The molecule has 1 aromatic heterocycles. The summed E-state index contributed by atoms with van der Waals surface area (Å²) in [6, 6.07) is 4.97. The van der Waals surface area contributed by atoms with Gasteiger partial charge in [0.25, 0.3) is 0 Å². The van der Waals surface area contributed by atoms with E-state index in [0.29, 0.717) is 15.7 Å². The fraction of sp³-hybridized carbons (Fsp3) is 0.400. The van der Waals surface area contributed by atoms with E-state index in [1.807, 2.05) is 6.92 Å². The first-order valence-electron chi connectivity index (χ1n) is 7.38. The summed E-state index contributed by atoms with van der Waals surface area (Å²) in [5, 5.41) is 11.7. The van der Waals surface area contributed by atoms with Gasteiger partial charge in [0.1, 0.15) is 0 Å². The van der Waals surface area contributed by atoms with Gasteiger partial charge in [-0.15, -0.1) is 10.2 Å². The molecule has 0 aliphatic rings. The van der Waals surface area contributed by atoms with E-state index in [2.05, 4.69) is 22.4 Å². The quantitative estimate of drug-likeness (QED) is 0.427. The first-order chi connectivity index (χ1) is 11.5. The van der Waals surface area contributed by atoms with Crippen molar-refractivity contribution in [1.29, 1.82) is 0 Å². The van der Waals surface area contributed by atoms with E-state index in [0.717, 1.165) is 27.3 Å².